The van der Waals surface area contributed by atoms with E-state index in [1.165, 1.54) is 4.88 Å². The van der Waals surface area contributed by atoms with E-state index in [1.807, 2.05) is 56.3 Å². The van der Waals surface area contributed by atoms with Gasteiger partial charge < -0.3 is 10.1 Å². The van der Waals surface area contributed by atoms with Crippen LogP contribution in [0.15, 0.2) is 42.5 Å². The van der Waals surface area contributed by atoms with Gasteiger partial charge in [-0.2, -0.15) is 0 Å². The molecule has 0 atom stereocenters. The maximum Gasteiger partial charge on any atom is 0.248 e. The van der Waals surface area contributed by atoms with Crippen molar-refractivity contribution in [2.75, 3.05) is 11.9 Å². The molecule has 0 aliphatic rings. The smallest absolute Gasteiger partial charge is 0.248 e. The molecule has 2 aromatic rings. The predicted molar refractivity (Wildman–Crippen MR) is 84.3 cm³/mol. The first-order valence-electron chi connectivity index (χ1n) is 6.46. The van der Waals surface area contributed by atoms with Crippen molar-refractivity contribution in [3.8, 4) is 5.75 Å². The van der Waals surface area contributed by atoms with E-state index < -0.39 is 0 Å². The Morgan fingerprint density at radius 3 is 2.60 bits per heavy atom. The van der Waals surface area contributed by atoms with Gasteiger partial charge in [0.05, 0.1) is 6.61 Å². The van der Waals surface area contributed by atoms with Crippen LogP contribution in [0.3, 0.4) is 0 Å². The van der Waals surface area contributed by atoms with Gasteiger partial charge >= 0.3 is 0 Å². The molecule has 1 amide bonds. The maximum atomic E-state index is 11.8. The Hall–Kier alpha value is -2.07. The van der Waals surface area contributed by atoms with Gasteiger partial charge in [0.2, 0.25) is 5.91 Å². The maximum absolute atomic E-state index is 11.8. The molecule has 0 radical (unpaired) electrons. The second kappa shape index (κ2) is 6.91. The van der Waals surface area contributed by atoms with Crippen LogP contribution in [0.25, 0.3) is 6.08 Å². The van der Waals surface area contributed by atoms with Gasteiger partial charge in [-0.15, -0.1) is 11.3 Å². The van der Waals surface area contributed by atoms with Crippen LogP contribution < -0.4 is 10.1 Å². The lowest BCUT2D eigenvalue weighted by Crippen LogP contribution is -2.07. The zero-order chi connectivity index (χ0) is 14.4. The minimum absolute atomic E-state index is 0.139. The highest BCUT2D eigenvalue weighted by Crippen LogP contribution is 2.17. The molecule has 1 aromatic carbocycles. The number of anilines is 1. The number of carbonyl (C=O) groups excluding carboxylic acids is 1. The van der Waals surface area contributed by atoms with Crippen LogP contribution in [0.4, 0.5) is 5.69 Å². The fourth-order valence-corrected chi connectivity index (χ4v) is 2.47. The average molecular weight is 287 g/mol. The molecule has 0 unspecified atom stereocenters. The normalized spacial score (nSPS) is 10.7. The molecule has 1 N–H and O–H groups in total. The highest BCUT2D eigenvalue weighted by molar-refractivity contribution is 7.12. The molecule has 4 heteroatoms. The number of ether oxygens (including phenoxy) is 1. The number of nitrogens with one attached hydrogen (secondary N) is 1. The number of rotatable bonds is 5. The van der Waals surface area contributed by atoms with Crippen molar-refractivity contribution in [3.05, 3.63) is 52.2 Å². The van der Waals surface area contributed by atoms with Gasteiger partial charge in [-0.3, -0.25) is 4.79 Å². The Morgan fingerprint density at radius 1 is 1.25 bits per heavy atom. The van der Waals surface area contributed by atoms with Crippen LogP contribution in [-0.4, -0.2) is 12.5 Å². The van der Waals surface area contributed by atoms with Crippen LogP contribution >= 0.6 is 11.3 Å². The van der Waals surface area contributed by atoms with Crippen LogP contribution in [0.1, 0.15) is 16.7 Å². The van der Waals surface area contributed by atoms with Crippen molar-refractivity contribution < 1.29 is 9.53 Å². The largest absolute Gasteiger partial charge is 0.494 e. The second-order valence-corrected chi connectivity index (χ2v) is 5.55. The van der Waals surface area contributed by atoms with Crippen LogP contribution in [0.2, 0.25) is 0 Å². The van der Waals surface area contributed by atoms with Gasteiger partial charge in [0.1, 0.15) is 5.75 Å². The molecule has 2 rings (SSSR count). The Balaban J connectivity index is 1.92. The second-order valence-electron chi connectivity index (χ2n) is 4.23. The quantitative estimate of drug-likeness (QED) is 0.841. The van der Waals surface area contributed by atoms with Crippen molar-refractivity contribution in [2.24, 2.45) is 0 Å². The average Bonchev–Trinajstić information content (AvgIpc) is 2.85. The first-order chi connectivity index (χ1) is 9.67. The van der Waals surface area contributed by atoms with E-state index in [1.54, 1.807) is 17.4 Å². The summed E-state index contributed by atoms with van der Waals surface area (Å²) in [6.07, 6.45) is 3.36. The lowest BCUT2D eigenvalue weighted by atomic mass is 10.3. The van der Waals surface area contributed by atoms with E-state index in [-0.39, 0.29) is 5.91 Å². The van der Waals surface area contributed by atoms with E-state index in [0.717, 1.165) is 16.3 Å². The molecular formula is C16H17NO2S. The summed E-state index contributed by atoms with van der Waals surface area (Å²) in [5, 5.41) is 2.81. The van der Waals surface area contributed by atoms with Gasteiger partial charge in [0.25, 0.3) is 0 Å². The lowest BCUT2D eigenvalue weighted by molar-refractivity contribution is -0.111. The molecule has 3 nitrogen and oxygen atoms in total. The van der Waals surface area contributed by atoms with Gasteiger partial charge in [0.15, 0.2) is 0 Å². The molecule has 1 aromatic heterocycles. The van der Waals surface area contributed by atoms with E-state index >= 15 is 0 Å². The molecule has 0 saturated heterocycles. The summed E-state index contributed by atoms with van der Waals surface area (Å²) in [4.78, 5) is 14.1. The molecule has 104 valence electrons. The van der Waals surface area contributed by atoms with Crippen molar-refractivity contribution >= 4 is 29.0 Å². The fourth-order valence-electron chi connectivity index (χ4n) is 1.69. The standard InChI is InChI=1S/C16H17NO2S/c1-3-19-14-7-5-13(6-8-14)17-16(18)11-10-15-9-4-12(2)20-15/h4-11H,3H2,1-2H3,(H,17,18)/b11-10+. The van der Waals surface area contributed by atoms with Crippen LogP contribution in [0.5, 0.6) is 5.75 Å². The van der Waals surface area contributed by atoms with Gasteiger partial charge in [-0.05, 0) is 56.3 Å². The zero-order valence-electron chi connectivity index (χ0n) is 11.6. The minimum Gasteiger partial charge on any atom is -0.494 e. The summed E-state index contributed by atoms with van der Waals surface area (Å²) in [6.45, 7) is 4.61. The monoisotopic (exact) mass is 287 g/mol. The van der Waals surface area contributed by atoms with Crippen molar-refractivity contribution in [3.63, 3.8) is 0 Å². The Kier molecular flexibility index (Phi) is 4.96. The van der Waals surface area contributed by atoms with Gasteiger partial charge in [-0.1, -0.05) is 0 Å². The zero-order valence-corrected chi connectivity index (χ0v) is 12.4. The predicted octanol–water partition coefficient (Wildman–Crippen LogP) is 4.11. The number of aryl methyl sites for hydroxylation is 1. The van der Waals surface area contributed by atoms with Crippen LogP contribution in [-0.2, 0) is 4.79 Å². The van der Waals surface area contributed by atoms with Crippen molar-refractivity contribution in [2.45, 2.75) is 13.8 Å². The summed E-state index contributed by atoms with van der Waals surface area (Å²) in [6, 6.07) is 11.4. The molecule has 0 saturated carbocycles. The SMILES string of the molecule is CCOc1ccc(NC(=O)/C=C/c2ccc(C)s2)cc1. The molecule has 0 aliphatic carbocycles. The van der Waals surface area contributed by atoms with Crippen molar-refractivity contribution in [1.82, 2.24) is 0 Å². The molecule has 0 fully saturated rings. The third-order valence-electron chi connectivity index (χ3n) is 2.59. The Bertz CT molecular complexity index is 599. The minimum atomic E-state index is -0.139. The van der Waals surface area contributed by atoms with Crippen LogP contribution in [0, 0.1) is 6.92 Å². The molecular weight excluding hydrogens is 270 g/mol. The number of thiophene rings is 1. The summed E-state index contributed by atoms with van der Waals surface area (Å²) in [7, 11) is 0. The fraction of sp³-hybridized carbons (Fsp3) is 0.188. The molecule has 1 heterocycles. The summed E-state index contributed by atoms with van der Waals surface area (Å²) in [5.41, 5.74) is 0.755. The van der Waals surface area contributed by atoms with E-state index in [2.05, 4.69) is 5.32 Å². The molecule has 0 spiro atoms. The van der Waals surface area contributed by atoms with E-state index in [4.69, 9.17) is 4.74 Å². The molecule has 0 bridgehead atoms. The summed E-state index contributed by atoms with van der Waals surface area (Å²) in [5.74, 6) is 0.662. The third-order valence-corrected chi connectivity index (χ3v) is 3.56. The van der Waals surface area contributed by atoms with E-state index in [9.17, 15) is 4.79 Å². The number of amides is 1. The van der Waals surface area contributed by atoms with Crippen molar-refractivity contribution in [1.29, 1.82) is 0 Å². The first-order valence-corrected chi connectivity index (χ1v) is 7.27. The van der Waals surface area contributed by atoms with Gasteiger partial charge in [-0.25, -0.2) is 0 Å². The highest BCUT2D eigenvalue weighted by Gasteiger charge is 1.99. The first kappa shape index (κ1) is 14.3. The van der Waals surface area contributed by atoms with E-state index in [0.29, 0.717) is 6.61 Å². The highest BCUT2D eigenvalue weighted by atomic mass is 32.1. The summed E-state index contributed by atoms with van der Waals surface area (Å²) < 4.78 is 5.35. The number of hydrogen-bond donors (Lipinski definition) is 1. The Morgan fingerprint density at radius 2 is 2.00 bits per heavy atom. The van der Waals surface area contributed by atoms with Gasteiger partial charge in [0, 0.05) is 21.5 Å². The Labute approximate surface area is 122 Å². The number of hydrogen-bond acceptors (Lipinski definition) is 3. The third kappa shape index (κ3) is 4.24. The topological polar surface area (TPSA) is 38.3 Å². The molecule has 0 aliphatic heterocycles. The lowest BCUT2D eigenvalue weighted by Gasteiger charge is -2.05. The number of carbonyl (C=O) groups is 1. The number of benzene rings is 1. The summed E-state index contributed by atoms with van der Waals surface area (Å²) >= 11 is 1.66. The molecule has 20 heavy (non-hydrogen) atoms.